The fraction of sp³-hybridized carbons (Fsp3) is 0.273. The molecule has 0 radical (unpaired) electrons. The zero-order chi connectivity index (χ0) is 24.6. The second kappa shape index (κ2) is 9.50. The summed E-state index contributed by atoms with van der Waals surface area (Å²) in [5.41, 5.74) is 15.6. The van der Waals surface area contributed by atoms with Gasteiger partial charge in [-0.3, -0.25) is 0 Å². The highest BCUT2D eigenvalue weighted by atomic mass is 16.5. The van der Waals surface area contributed by atoms with Gasteiger partial charge in [-0.2, -0.15) is 0 Å². The van der Waals surface area contributed by atoms with Gasteiger partial charge in [-0.1, -0.05) is 66.7 Å². The molecule has 0 aliphatic rings. The standard InChI is InChI=1S/C33H36O/c1-20-11-9-10-12-30(20)31-14-13-27(17-23(31)4)32(28-15-21(2)26(7)22(3)16-28)29-18-24(5)33(34-8)25(6)19-29/h9-19,32H,1-8H3. The van der Waals surface area contributed by atoms with Gasteiger partial charge >= 0.3 is 0 Å². The monoisotopic (exact) mass is 448 g/mol. The maximum atomic E-state index is 5.67. The second-order valence-electron chi connectivity index (χ2n) is 9.79. The number of benzene rings is 4. The van der Waals surface area contributed by atoms with Crippen LogP contribution in [0, 0.1) is 48.5 Å². The minimum absolute atomic E-state index is 0.158. The number of rotatable bonds is 5. The van der Waals surface area contributed by atoms with E-state index in [-0.39, 0.29) is 5.92 Å². The lowest BCUT2D eigenvalue weighted by atomic mass is 9.80. The highest BCUT2D eigenvalue weighted by Gasteiger charge is 2.21. The Morgan fingerprint density at radius 1 is 0.500 bits per heavy atom. The summed E-state index contributed by atoms with van der Waals surface area (Å²) in [4.78, 5) is 0. The largest absolute Gasteiger partial charge is 0.496 e. The molecule has 34 heavy (non-hydrogen) atoms. The highest BCUT2D eigenvalue weighted by molar-refractivity contribution is 5.71. The van der Waals surface area contributed by atoms with Gasteiger partial charge in [0.25, 0.3) is 0 Å². The molecule has 4 aromatic carbocycles. The van der Waals surface area contributed by atoms with Crippen molar-refractivity contribution in [2.75, 3.05) is 7.11 Å². The van der Waals surface area contributed by atoms with Gasteiger partial charge in [-0.25, -0.2) is 0 Å². The minimum Gasteiger partial charge on any atom is -0.496 e. The Morgan fingerprint density at radius 2 is 1.00 bits per heavy atom. The van der Waals surface area contributed by atoms with E-state index in [0.717, 1.165) is 5.75 Å². The van der Waals surface area contributed by atoms with Gasteiger partial charge in [-0.05, 0) is 115 Å². The third-order valence-corrected chi connectivity index (χ3v) is 7.32. The molecule has 0 aliphatic carbocycles. The first-order chi connectivity index (χ1) is 16.2. The summed E-state index contributed by atoms with van der Waals surface area (Å²) in [6.45, 7) is 15.4. The van der Waals surface area contributed by atoms with Crippen LogP contribution >= 0.6 is 0 Å². The van der Waals surface area contributed by atoms with Crippen LogP contribution in [0.3, 0.4) is 0 Å². The van der Waals surface area contributed by atoms with Crippen molar-refractivity contribution in [3.63, 3.8) is 0 Å². The second-order valence-corrected chi connectivity index (χ2v) is 9.79. The molecule has 0 saturated carbocycles. The Bertz CT molecular complexity index is 1310. The summed E-state index contributed by atoms with van der Waals surface area (Å²) in [6, 6.07) is 25.0. The van der Waals surface area contributed by atoms with Crippen LogP contribution in [0.1, 0.15) is 61.6 Å². The van der Waals surface area contributed by atoms with Crippen molar-refractivity contribution in [1.82, 2.24) is 0 Å². The molecule has 0 aromatic heterocycles. The summed E-state index contributed by atoms with van der Waals surface area (Å²) in [7, 11) is 1.76. The van der Waals surface area contributed by atoms with Gasteiger partial charge in [-0.15, -0.1) is 0 Å². The Morgan fingerprint density at radius 3 is 1.53 bits per heavy atom. The lowest BCUT2D eigenvalue weighted by Gasteiger charge is -2.24. The van der Waals surface area contributed by atoms with E-state index in [1.165, 1.54) is 66.8 Å². The predicted molar refractivity (Wildman–Crippen MR) is 145 cm³/mol. The van der Waals surface area contributed by atoms with Gasteiger partial charge in [0.15, 0.2) is 0 Å². The van der Waals surface area contributed by atoms with Crippen LogP contribution in [-0.4, -0.2) is 7.11 Å². The van der Waals surface area contributed by atoms with Gasteiger partial charge in [0, 0.05) is 5.92 Å². The summed E-state index contributed by atoms with van der Waals surface area (Å²) < 4.78 is 5.67. The van der Waals surface area contributed by atoms with E-state index in [1.807, 2.05) is 0 Å². The number of methoxy groups -OCH3 is 1. The summed E-state index contributed by atoms with van der Waals surface area (Å²) >= 11 is 0. The molecule has 1 atom stereocenters. The van der Waals surface area contributed by atoms with E-state index in [2.05, 4.69) is 115 Å². The van der Waals surface area contributed by atoms with Crippen LogP contribution in [0.4, 0.5) is 0 Å². The van der Waals surface area contributed by atoms with Gasteiger partial charge in [0.05, 0.1) is 7.11 Å². The Hall–Kier alpha value is -3.32. The lowest BCUT2D eigenvalue weighted by Crippen LogP contribution is -2.07. The molecule has 0 amide bonds. The van der Waals surface area contributed by atoms with Crippen molar-refractivity contribution in [1.29, 1.82) is 0 Å². The highest BCUT2D eigenvalue weighted by Crippen LogP contribution is 2.39. The fourth-order valence-corrected chi connectivity index (χ4v) is 5.33. The molecular weight excluding hydrogens is 412 g/mol. The molecule has 1 unspecified atom stereocenters. The fourth-order valence-electron chi connectivity index (χ4n) is 5.33. The van der Waals surface area contributed by atoms with Crippen LogP contribution in [0.2, 0.25) is 0 Å². The molecule has 0 aliphatic heterocycles. The molecular formula is C33H36O. The molecule has 1 nitrogen and oxygen atoms in total. The van der Waals surface area contributed by atoms with Gasteiger partial charge in [0.1, 0.15) is 5.75 Å². The average molecular weight is 449 g/mol. The molecule has 174 valence electrons. The van der Waals surface area contributed by atoms with E-state index >= 15 is 0 Å². The van der Waals surface area contributed by atoms with Crippen LogP contribution in [0.5, 0.6) is 5.75 Å². The Labute approximate surface area is 205 Å². The Balaban J connectivity index is 1.92. The normalized spacial score (nSPS) is 12.0. The molecule has 0 fully saturated rings. The molecule has 0 saturated heterocycles. The number of ether oxygens (including phenoxy) is 1. The lowest BCUT2D eigenvalue weighted by molar-refractivity contribution is 0.408. The summed E-state index contributed by atoms with van der Waals surface area (Å²) in [5.74, 6) is 1.13. The maximum absolute atomic E-state index is 5.67. The molecule has 0 spiro atoms. The minimum atomic E-state index is 0.158. The zero-order valence-corrected chi connectivity index (χ0v) is 21.8. The van der Waals surface area contributed by atoms with Crippen molar-refractivity contribution in [3.05, 3.63) is 122 Å². The smallest absolute Gasteiger partial charge is 0.124 e. The van der Waals surface area contributed by atoms with Crippen LogP contribution in [0.25, 0.3) is 11.1 Å². The van der Waals surface area contributed by atoms with Crippen molar-refractivity contribution in [3.8, 4) is 16.9 Å². The third-order valence-electron chi connectivity index (χ3n) is 7.32. The third kappa shape index (κ3) is 4.40. The van der Waals surface area contributed by atoms with E-state index in [1.54, 1.807) is 7.11 Å². The van der Waals surface area contributed by atoms with Crippen molar-refractivity contribution in [2.24, 2.45) is 0 Å². The number of hydrogen-bond acceptors (Lipinski definition) is 1. The first-order valence-electron chi connectivity index (χ1n) is 12.1. The first kappa shape index (κ1) is 23.8. The molecule has 0 N–H and O–H groups in total. The topological polar surface area (TPSA) is 9.23 Å². The van der Waals surface area contributed by atoms with E-state index in [4.69, 9.17) is 4.74 Å². The van der Waals surface area contributed by atoms with Gasteiger partial charge in [0.2, 0.25) is 0 Å². The molecule has 0 bridgehead atoms. The van der Waals surface area contributed by atoms with Gasteiger partial charge < -0.3 is 4.74 Å². The van der Waals surface area contributed by atoms with Crippen LogP contribution in [-0.2, 0) is 0 Å². The molecule has 0 heterocycles. The summed E-state index contributed by atoms with van der Waals surface area (Å²) in [6.07, 6.45) is 0. The zero-order valence-electron chi connectivity index (χ0n) is 21.8. The van der Waals surface area contributed by atoms with E-state index < -0.39 is 0 Å². The molecule has 4 aromatic rings. The van der Waals surface area contributed by atoms with E-state index in [0.29, 0.717) is 0 Å². The van der Waals surface area contributed by atoms with Crippen molar-refractivity contribution in [2.45, 2.75) is 54.4 Å². The van der Waals surface area contributed by atoms with Crippen molar-refractivity contribution < 1.29 is 4.74 Å². The SMILES string of the molecule is COc1c(C)cc(C(c2ccc(-c3ccccc3C)c(C)c2)c2cc(C)c(C)c(C)c2)cc1C. The molecule has 4 rings (SSSR count). The van der Waals surface area contributed by atoms with Crippen LogP contribution < -0.4 is 4.74 Å². The number of hydrogen-bond donors (Lipinski definition) is 0. The predicted octanol–water partition coefficient (Wildman–Crippen LogP) is 8.70. The summed E-state index contributed by atoms with van der Waals surface area (Å²) in [5, 5.41) is 0. The Kier molecular flexibility index (Phi) is 6.66. The van der Waals surface area contributed by atoms with Crippen LogP contribution in [0.15, 0.2) is 66.7 Å². The maximum Gasteiger partial charge on any atom is 0.124 e. The van der Waals surface area contributed by atoms with E-state index in [9.17, 15) is 0 Å². The number of aryl methyl sites for hydroxylation is 6. The molecule has 1 heteroatoms. The average Bonchev–Trinajstić information content (AvgIpc) is 2.78. The quantitative estimate of drug-likeness (QED) is 0.277. The first-order valence-corrected chi connectivity index (χ1v) is 12.1. The van der Waals surface area contributed by atoms with Crippen molar-refractivity contribution >= 4 is 0 Å².